The van der Waals surface area contributed by atoms with Crippen LogP contribution in [0.4, 0.5) is 0 Å². The Balaban J connectivity index is 1.31. The van der Waals surface area contributed by atoms with Crippen molar-refractivity contribution in [1.82, 2.24) is 14.9 Å². The molecule has 2 saturated carbocycles. The van der Waals surface area contributed by atoms with Crippen LogP contribution < -0.4 is 0 Å². The van der Waals surface area contributed by atoms with Gasteiger partial charge in [-0.1, -0.05) is 43.5 Å². The van der Waals surface area contributed by atoms with Gasteiger partial charge >= 0.3 is 0 Å². The van der Waals surface area contributed by atoms with E-state index in [-0.39, 0.29) is 22.6 Å². The largest absolute Gasteiger partial charge is 0.506 e. The molecule has 230 valence electrons. The fourth-order valence-corrected chi connectivity index (χ4v) is 11.7. The average Bonchev–Trinajstić information content (AvgIpc) is 3.42. The van der Waals surface area contributed by atoms with Gasteiger partial charge in [0.25, 0.3) is 0 Å². The van der Waals surface area contributed by atoms with Crippen molar-refractivity contribution in [3.8, 4) is 5.75 Å². The summed E-state index contributed by atoms with van der Waals surface area (Å²) in [6.45, 7) is 0.899. The maximum Gasteiger partial charge on any atom is 0.139 e. The Morgan fingerprint density at radius 3 is 2.82 bits per heavy atom. The molecule has 44 heavy (non-hydrogen) atoms. The fourth-order valence-electron chi connectivity index (χ4n) is 11.7. The molecule has 3 aliphatic carbocycles. The second kappa shape index (κ2) is 9.77. The number of rotatable bonds is 1. The Labute approximate surface area is 259 Å². The highest BCUT2D eigenvalue weighted by molar-refractivity contribution is 6.11. The Bertz CT molecular complexity index is 1720. The number of ketones is 1. The van der Waals surface area contributed by atoms with Gasteiger partial charge in [-0.2, -0.15) is 0 Å². The van der Waals surface area contributed by atoms with E-state index in [4.69, 9.17) is 4.98 Å². The van der Waals surface area contributed by atoms with Crippen LogP contribution in [0.5, 0.6) is 5.75 Å². The van der Waals surface area contributed by atoms with Crippen molar-refractivity contribution in [2.45, 2.75) is 108 Å². The molecule has 2 spiro atoms. The number of aromatic nitrogens is 2. The van der Waals surface area contributed by atoms with E-state index in [0.29, 0.717) is 42.9 Å². The highest BCUT2D eigenvalue weighted by atomic mass is 16.3. The third kappa shape index (κ3) is 3.79. The van der Waals surface area contributed by atoms with E-state index in [0.717, 1.165) is 66.1 Å². The lowest BCUT2D eigenvalue weighted by Crippen LogP contribution is -2.74. The number of Topliss-reactive ketones (excluding diaryl/α,β-unsaturated/α-hetero) is 1. The molecule has 7 atom stereocenters. The molecule has 3 N–H and O–H groups in total. The van der Waals surface area contributed by atoms with Crippen molar-refractivity contribution in [2.75, 3.05) is 6.54 Å². The van der Waals surface area contributed by atoms with E-state index in [9.17, 15) is 15.0 Å². The van der Waals surface area contributed by atoms with E-state index < -0.39 is 5.60 Å². The van der Waals surface area contributed by atoms with Crippen molar-refractivity contribution >= 4 is 33.2 Å². The zero-order chi connectivity index (χ0) is 29.7. The predicted molar refractivity (Wildman–Crippen MR) is 173 cm³/mol. The quantitative estimate of drug-likeness (QED) is 0.256. The van der Waals surface area contributed by atoms with Crippen LogP contribution in [0.15, 0.2) is 48.7 Å². The van der Waals surface area contributed by atoms with Gasteiger partial charge in [-0.15, -0.1) is 0 Å². The first-order valence-corrected chi connectivity index (χ1v) is 17.4. The van der Waals surface area contributed by atoms with Crippen molar-refractivity contribution in [1.29, 1.82) is 0 Å². The van der Waals surface area contributed by atoms with Crippen LogP contribution in [-0.2, 0) is 4.79 Å². The summed E-state index contributed by atoms with van der Waals surface area (Å²) in [5, 5.41) is 26.1. The standard InChI is InChI=1S/C38H45N3O3/c42-25-8-6-20-41-31(14-12-25)36-16-2-1-7-24-11-13-29-28(22-38(44,18-4-3-17-36)35(41)37(29,21-24)23-36)33-34-27(15-19-39-33)26-9-5-10-30(43)32(26)40-34/h3,5,9-10,15,17,19,22,24,29,31,35,40,43-44H,1-2,4,6-8,11-14,16,18,20-21,23H2/b17-3-/t24?,29?,31?,35-,36?,37-,38+/m1/s1. The smallest absolute Gasteiger partial charge is 0.139 e. The zero-order valence-corrected chi connectivity index (χ0v) is 25.7. The second-order valence-corrected chi connectivity index (χ2v) is 15.4. The number of carbonyl (C=O) groups excluding carboxylic acids is 1. The number of para-hydroxylation sites is 1. The summed E-state index contributed by atoms with van der Waals surface area (Å²) in [6.07, 6.45) is 23.5. The molecule has 1 aromatic carbocycles. The number of hydrogen-bond donors (Lipinski definition) is 3. The summed E-state index contributed by atoms with van der Waals surface area (Å²) in [5.74, 6) is 1.67. The molecule has 2 saturated heterocycles. The van der Waals surface area contributed by atoms with Crippen LogP contribution >= 0.6 is 0 Å². The number of aromatic amines is 1. The molecule has 0 radical (unpaired) electrons. The Kier molecular flexibility index (Phi) is 6.07. The summed E-state index contributed by atoms with van der Waals surface area (Å²) in [7, 11) is 0. The van der Waals surface area contributed by atoms with Crippen molar-refractivity contribution in [2.24, 2.45) is 22.7 Å². The van der Waals surface area contributed by atoms with Crippen LogP contribution in [0.2, 0.25) is 0 Å². The first kappa shape index (κ1) is 27.4. The van der Waals surface area contributed by atoms with Crippen molar-refractivity contribution in [3.63, 3.8) is 0 Å². The van der Waals surface area contributed by atoms with Gasteiger partial charge in [0.05, 0.1) is 22.3 Å². The van der Waals surface area contributed by atoms with Crippen molar-refractivity contribution in [3.05, 3.63) is 54.4 Å². The monoisotopic (exact) mass is 591 g/mol. The molecular weight excluding hydrogens is 546 g/mol. The van der Waals surface area contributed by atoms with Gasteiger partial charge < -0.3 is 15.2 Å². The minimum atomic E-state index is -0.984. The second-order valence-electron chi connectivity index (χ2n) is 15.4. The highest BCUT2D eigenvalue weighted by Crippen LogP contribution is 2.69. The molecule has 3 aromatic rings. The number of phenolic OH excluding ortho intramolecular Hbond substituents is 1. The number of aromatic hydroxyl groups is 1. The van der Waals surface area contributed by atoms with Crippen LogP contribution in [0.3, 0.4) is 0 Å². The van der Waals surface area contributed by atoms with E-state index in [2.05, 4.69) is 40.2 Å². The lowest BCUT2D eigenvalue weighted by Gasteiger charge is -2.69. The van der Waals surface area contributed by atoms with Gasteiger partial charge in [0, 0.05) is 47.3 Å². The maximum absolute atomic E-state index is 13.2. The fraction of sp³-hybridized carbons (Fsp3) is 0.579. The van der Waals surface area contributed by atoms with E-state index in [1.165, 1.54) is 44.1 Å². The van der Waals surface area contributed by atoms with Crippen molar-refractivity contribution < 1.29 is 15.0 Å². The molecule has 6 aliphatic rings. The summed E-state index contributed by atoms with van der Waals surface area (Å²) in [6, 6.07) is 8.13. The van der Waals surface area contributed by atoms with Gasteiger partial charge in [0.2, 0.25) is 0 Å². The van der Waals surface area contributed by atoms with Gasteiger partial charge in [0.15, 0.2) is 0 Å². The first-order valence-electron chi connectivity index (χ1n) is 17.4. The van der Waals surface area contributed by atoms with E-state index in [1.807, 2.05) is 12.3 Å². The third-order valence-electron chi connectivity index (χ3n) is 13.1. The Morgan fingerprint density at radius 2 is 1.89 bits per heavy atom. The van der Waals surface area contributed by atoms with E-state index >= 15 is 0 Å². The number of fused-ring (bicyclic) bond motifs is 4. The number of allylic oxidation sites excluding steroid dienone is 2. The molecule has 4 unspecified atom stereocenters. The first-order chi connectivity index (χ1) is 21.4. The molecule has 5 heterocycles. The lowest BCUT2D eigenvalue weighted by atomic mass is 9.44. The normalized spacial score (nSPS) is 39.7. The molecule has 3 aliphatic heterocycles. The summed E-state index contributed by atoms with van der Waals surface area (Å²) >= 11 is 0. The van der Waals surface area contributed by atoms with Gasteiger partial charge in [-0.3, -0.25) is 14.7 Å². The van der Waals surface area contributed by atoms with Gasteiger partial charge in [-0.05, 0) is 105 Å². The number of nitrogens with one attached hydrogen (secondary N) is 1. The number of carbonyl (C=O) groups is 1. The average molecular weight is 592 g/mol. The maximum atomic E-state index is 13.2. The van der Waals surface area contributed by atoms with Crippen LogP contribution in [0.1, 0.15) is 95.6 Å². The predicted octanol–water partition coefficient (Wildman–Crippen LogP) is 7.45. The Morgan fingerprint density at radius 1 is 0.977 bits per heavy atom. The SMILES string of the molecule is O=C1CCCN2C(CC1)C13/C=C\CC[C@]4(O)C=C(c5nccc6c5[nH]c5c(O)cccc56)C5CCC(CCCC1)C[C@]5(C3)[C@@H]24. The Hall–Kier alpha value is -2.96. The number of aliphatic hydroxyl groups is 1. The molecule has 4 bridgehead atoms. The number of benzene rings is 1. The zero-order valence-electron chi connectivity index (χ0n) is 25.7. The third-order valence-corrected chi connectivity index (χ3v) is 13.1. The molecule has 0 amide bonds. The molecule has 4 fully saturated rings. The highest BCUT2D eigenvalue weighted by Gasteiger charge is 2.68. The minimum absolute atomic E-state index is 0.0264. The molecule has 6 nitrogen and oxygen atoms in total. The molecule has 6 heteroatoms. The van der Waals surface area contributed by atoms with Crippen LogP contribution in [-0.4, -0.2) is 55.1 Å². The molecular formula is C38H45N3O3. The minimum Gasteiger partial charge on any atom is -0.506 e. The number of nitrogens with zero attached hydrogens (tertiary/aromatic N) is 2. The number of hydrogen-bond acceptors (Lipinski definition) is 5. The van der Waals surface area contributed by atoms with Crippen LogP contribution in [0.25, 0.3) is 27.4 Å². The van der Waals surface area contributed by atoms with Gasteiger partial charge in [-0.25, -0.2) is 0 Å². The molecule has 2 aromatic heterocycles. The number of pyridine rings is 1. The lowest BCUT2D eigenvalue weighted by molar-refractivity contribution is -0.192. The molecule has 9 rings (SSSR count). The van der Waals surface area contributed by atoms with E-state index in [1.54, 1.807) is 6.07 Å². The summed E-state index contributed by atoms with van der Waals surface area (Å²) < 4.78 is 0. The van der Waals surface area contributed by atoms with Gasteiger partial charge in [0.1, 0.15) is 11.5 Å². The number of phenols is 1. The van der Waals surface area contributed by atoms with Crippen LogP contribution in [0, 0.1) is 22.7 Å². The summed E-state index contributed by atoms with van der Waals surface area (Å²) in [5.41, 5.74) is 2.87. The number of H-pyrrole nitrogens is 1. The summed E-state index contributed by atoms with van der Waals surface area (Å²) in [4.78, 5) is 24.3. The number of piperidine rings is 1. The topological polar surface area (TPSA) is 89.5 Å².